The summed E-state index contributed by atoms with van der Waals surface area (Å²) in [6, 6.07) is 1.55. The lowest BCUT2D eigenvalue weighted by Crippen LogP contribution is -2.73. The Kier molecular flexibility index (Phi) is 5.14. The van der Waals surface area contributed by atoms with Crippen LogP contribution in [0.15, 0.2) is 6.07 Å². The molecule has 1 aliphatic carbocycles. The molecule has 3 fully saturated rings. The van der Waals surface area contributed by atoms with E-state index in [2.05, 4.69) is 22.8 Å². The lowest BCUT2D eigenvalue weighted by molar-refractivity contribution is -0.198. The van der Waals surface area contributed by atoms with E-state index in [1.165, 1.54) is 18.7 Å². The van der Waals surface area contributed by atoms with E-state index in [-0.39, 0.29) is 48.0 Å². The van der Waals surface area contributed by atoms with Gasteiger partial charge in [-0.25, -0.2) is 4.79 Å². The Morgan fingerprint density at radius 3 is 2.66 bits per heavy atom. The van der Waals surface area contributed by atoms with Crippen molar-refractivity contribution in [2.24, 2.45) is 0 Å². The summed E-state index contributed by atoms with van der Waals surface area (Å²) in [6.07, 6.45) is 1.31. The summed E-state index contributed by atoms with van der Waals surface area (Å²) in [5.74, 6) is -0.0750. The summed E-state index contributed by atoms with van der Waals surface area (Å²) < 4.78 is 30.0. The minimum atomic E-state index is -1.28. The lowest BCUT2D eigenvalue weighted by atomic mass is 9.73. The third-order valence-corrected chi connectivity index (χ3v) is 12.6. The first-order chi connectivity index (χ1) is 21.0. The minimum absolute atomic E-state index is 0.0174. The monoisotopic (exact) mass is 620 g/mol. The highest BCUT2D eigenvalue weighted by molar-refractivity contribution is 8.00. The van der Waals surface area contributed by atoms with Gasteiger partial charge in [-0.1, -0.05) is 0 Å². The number of methoxy groups -OCH3 is 1. The Hall–Kier alpha value is -3.48. The average molecular weight is 621 g/mol. The Labute approximate surface area is 257 Å². The summed E-state index contributed by atoms with van der Waals surface area (Å²) >= 11 is 1.41. The Morgan fingerprint density at radius 1 is 1.14 bits per heavy atom. The summed E-state index contributed by atoms with van der Waals surface area (Å²) in [6.45, 7) is 8.09. The first kappa shape index (κ1) is 26.9. The number of phenols is 1. The quantitative estimate of drug-likeness (QED) is 0.301. The van der Waals surface area contributed by atoms with Crippen LogP contribution >= 0.6 is 11.8 Å². The van der Waals surface area contributed by atoms with Crippen LogP contribution in [0.3, 0.4) is 0 Å². The fourth-order valence-electron chi connectivity index (χ4n) is 9.82. The number of rotatable bonds is 2. The van der Waals surface area contributed by atoms with Gasteiger partial charge >= 0.3 is 11.9 Å². The normalized spacial score (nSPS) is 35.4. The van der Waals surface area contributed by atoms with Crippen LogP contribution in [0.1, 0.15) is 72.2 Å². The van der Waals surface area contributed by atoms with Crippen LogP contribution in [0.25, 0.3) is 0 Å². The van der Waals surface area contributed by atoms with Crippen molar-refractivity contribution in [3.05, 3.63) is 39.4 Å². The molecule has 230 valence electrons. The molecule has 7 aliphatic rings. The van der Waals surface area contributed by atoms with E-state index in [9.17, 15) is 19.5 Å². The van der Waals surface area contributed by atoms with Gasteiger partial charge in [-0.2, -0.15) is 0 Å². The zero-order valence-corrected chi connectivity index (χ0v) is 25.8. The highest BCUT2D eigenvalue weighted by Gasteiger charge is 2.73. The smallest absolute Gasteiger partial charge is 0.376 e. The van der Waals surface area contributed by atoms with E-state index < -0.39 is 28.6 Å². The maximum absolute atomic E-state index is 13.4. The zero-order chi connectivity index (χ0) is 30.6. The number of aromatic hydroxyl groups is 1. The van der Waals surface area contributed by atoms with Crippen molar-refractivity contribution in [3.63, 3.8) is 0 Å². The van der Waals surface area contributed by atoms with Crippen LogP contribution in [0.5, 0.6) is 28.7 Å². The average Bonchev–Trinajstić information content (AvgIpc) is 3.59. The number of carbonyl (C=O) groups excluding carboxylic acids is 3. The summed E-state index contributed by atoms with van der Waals surface area (Å²) in [4.78, 5) is 43.9. The van der Waals surface area contributed by atoms with Crippen LogP contribution in [0.2, 0.25) is 0 Å². The second kappa shape index (κ2) is 8.41. The molecule has 1 spiro atoms. The van der Waals surface area contributed by atoms with Crippen molar-refractivity contribution < 1.29 is 43.2 Å². The third kappa shape index (κ3) is 2.91. The van der Waals surface area contributed by atoms with Crippen molar-refractivity contribution in [1.82, 2.24) is 9.80 Å². The number of hydrogen-bond donors (Lipinski definition) is 1. The number of aryl methyl sites for hydroxylation is 1. The minimum Gasteiger partial charge on any atom is -0.504 e. The summed E-state index contributed by atoms with van der Waals surface area (Å²) in [5, 5.41) is 11.4. The zero-order valence-electron chi connectivity index (χ0n) is 25.0. The molecule has 6 heterocycles. The molecule has 0 aromatic heterocycles. The van der Waals surface area contributed by atoms with Gasteiger partial charge in [0.25, 0.3) is 0 Å². The maximum Gasteiger partial charge on any atom is 0.376 e. The largest absolute Gasteiger partial charge is 0.504 e. The predicted octanol–water partition coefficient (Wildman–Crippen LogP) is 3.28. The number of hydrogen-bond acceptors (Lipinski definition) is 12. The van der Waals surface area contributed by atoms with Crippen LogP contribution in [-0.2, 0) is 30.3 Å². The fourth-order valence-corrected chi connectivity index (χ4v) is 11.3. The van der Waals surface area contributed by atoms with Crippen molar-refractivity contribution in [2.45, 2.75) is 81.1 Å². The van der Waals surface area contributed by atoms with E-state index >= 15 is 0 Å². The molecule has 0 amide bonds. The molecule has 9 rings (SSSR count). The molecule has 3 unspecified atom stereocenters. The van der Waals surface area contributed by atoms with Crippen molar-refractivity contribution in [1.29, 1.82) is 0 Å². The highest BCUT2D eigenvalue weighted by Crippen LogP contribution is 2.72. The number of nitrogens with zero attached hydrogens (tertiary/aromatic N) is 2. The van der Waals surface area contributed by atoms with E-state index in [0.29, 0.717) is 40.5 Å². The molecule has 12 heteroatoms. The summed E-state index contributed by atoms with van der Waals surface area (Å²) in [5.41, 5.74) is 3.18. The Morgan fingerprint density at radius 2 is 1.91 bits per heavy atom. The van der Waals surface area contributed by atoms with E-state index in [0.717, 1.165) is 35.2 Å². The topological polar surface area (TPSA) is 124 Å². The van der Waals surface area contributed by atoms with Gasteiger partial charge in [-0.15, -0.1) is 11.8 Å². The number of piperazine rings is 1. The van der Waals surface area contributed by atoms with Gasteiger partial charge < -0.3 is 28.8 Å². The Bertz CT molecular complexity index is 1760. The second-order valence-electron chi connectivity index (χ2n) is 13.3. The van der Waals surface area contributed by atoms with E-state index in [4.69, 9.17) is 23.7 Å². The number of esters is 2. The number of thioether (sulfide) groups is 1. The predicted molar refractivity (Wildman–Crippen MR) is 155 cm³/mol. The highest BCUT2D eigenvalue weighted by atomic mass is 32.2. The van der Waals surface area contributed by atoms with Crippen LogP contribution < -0.4 is 18.9 Å². The number of carbonyl (C=O) groups is 3. The van der Waals surface area contributed by atoms with Gasteiger partial charge in [-0.05, 0) is 44.4 Å². The molecule has 11 nitrogen and oxygen atoms in total. The van der Waals surface area contributed by atoms with Crippen LogP contribution in [0.4, 0.5) is 0 Å². The van der Waals surface area contributed by atoms with Gasteiger partial charge in [-0.3, -0.25) is 19.4 Å². The third-order valence-electron chi connectivity index (χ3n) is 11.2. The van der Waals surface area contributed by atoms with Crippen LogP contribution in [-0.4, -0.2) is 76.2 Å². The Balaban J connectivity index is 1.33. The number of ketones is 1. The number of piperidine rings is 1. The second-order valence-corrected chi connectivity index (χ2v) is 14.4. The van der Waals surface area contributed by atoms with Crippen molar-refractivity contribution in [3.8, 4) is 28.7 Å². The van der Waals surface area contributed by atoms with Crippen molar-refractivity contribution in [2.75, 3.05) is 26.2 Å². The standard InChI is InChI=1S/C32H32N2O9S/c1-12-6-16-19(24(37)25(12)39-5)22-23-29-32(43-30(38)18(36)10-44-29)8-17(33(23)9-15-7-31(16,4)34(15)22)20-21(32)26(42-14(3)35)13(2)27-28(20)41-11-40-27/h6,15,17,22-23,29,37H,7-11H2,1-5H3/t15-,17-,22+,23?,29?,31+,32?/m0/s1. The first-order valence-electron chi connectivity index (χ1n) is 15.0. The van der Waals surface area contributed by atoms with Gasteiger partial charge in [0.15, 0.2) is 28.6 Å². The molecule has 3 saturated heterocycles. The fraction of sp³-hybridized carbons (Fsp3) is 0.531. The molecular formula is C32H32N2O9S. The van der Waals surface area contributed by atoms with Gasteiger partial charge in [0, 0.05) is 65.8 Å². The molecule has 2 aromatic rings. The maximum atomic E-state index is 13.4. The number of Topliss-reactive ketones (excluding diaryl/α,β-unsaturated/α-hetero) is 1. The molecule has 44 heavy (non-hydrogen) atoms. The molecule has 0 radical (unpaired) electrons. The number of ether oxygens (including phenoxy) is 5. The number of benzene rings is 2. The van der Waals surface area contributed by atoms with Crippen molar-refractivity contribution >= 4 is 29.5 Å². The van der Waals surface area contributed by atoms with Gasteiger partial charge in [0.2, 0.25) is 12.6 Å². The van der Waals surface area contributed by atoms with E-state index in [1.54, 1.807) is 14.0 Å². The molecule has 2 bridgehead atoms. The van der Waals surface area contributed by atoms with Gasteiger partial charge in [0.05, 0.1) is 24.2 Å². The van der Waals surface area contributed by atoms with Crippen LogP contribution in [0, 0.1) is 13.8 Å². The SMILES string of the molecule is COc1c(C)cc2c(c1O)[C@@H]1C3C4SCC(=O)C(=O)OC45C[C@@H](c4c6c(c(C)c(OC(C)=O)c45)OCO6)N3C[C@@H]3C[C@@]2(C)N31. The first-order valence-corrected chi connectivity index (χ1v) is 16.0. The van der Waals surface area contributed by atoms with Gasteiger partial charge in [0.1, 0.15) is 5.75 Å². The molecule has 2 aromatic carbocycles. The molecule has 0 saturated carbocycles. The molecular weight excluding hydrogens is 588 g/mol. The summed E-state index contributed by atoms with van der Waals surface area (Å²) in [7, 11) is 1.57. The molecule has 6 aliphatic heterocycles. The molecule has 1 N–H and O–H groups in total. The van der Waals surface area contributed by atoms with E-state index in [1.807, 2.05) is 6.92 Å². The molecule has 7 atom stereocenters. The number of phenolic OH excluding ortho intramolecular Hbond substituents is 1. The number of fused-ring (bicyclic) bond motifs is 8. The lowest BCUT2D eigenvalue weighted by Gasteiger charge is -2.65.